The monoisotopic (exact) mass is 277 g/mol. The molecular weight excluding hydrogens is 270 g/mol. The molecule has 0 radical (unpaired) electrons. The van der Waals surface area contributed by atoms with Gasteiger partial charge in [0.2, 0.25) is 0 Å². The van der Waals surface area contributed by atoms with Crippen LogP contribution in [0.1, 0.15) is 9.67 Å². The molecule has 0 amide bonds. The summed E-state index contributed by atoms with van der Waals surface area (Å²) >= 11 is 2.57. The molecule has 0 saturated carbocycles. The van der Waals surface area contributed by atoms with Gasteiger partial charge in [0.15, 0.2) is 0 Å². The van der Waals surface area contributed by atoms with E-state index >= 15 is 0 Å². The van der Waals surface area contributed by atoms with E-state index in [1.807, 2.05) is 24.3 Å². The zero-order chi connectivity index (χ0) is 12.5. The fourth-order valence-electron chi connectivity index (χ4n) is 1.48. The van der Waals surface area contributed by atoms with Crippen molar-refractivity contribution in [1.82, 2.24) is 4.98 Å². The minimum Gasteiger partial charge on any atom is -0.477 e. The molecule has 3 rings (SSSR count). The Bertz CT molecular complexity index is 684. The Morgan fingerprint density at radius 3 is 2.89 bits per heavy atom. The van der Waals surface area contributed by atoms with Gasteiger partial charge in [0.05, 0.1) is 10.2 Å². The van der Waals surface area contributed by atoms with E-state index in [-0.39, 0.29) is 4.88 Å². The lowest BCUT2D eigenvalue weighted by Crippen LogP contribution is -1.90. The molecule has 2 heterocycles. The van der Waals surface area contributed by atoms with Crippen molar-refractivity contribution in [2.24, 2.45) is 0 Å². The lowest BCUT2D eigenvalue weighted by molar-refractivity contribution is 0.0702. The van der Waals surface area contributed by atoms with Crippen LogP contribution in [-0.2, 0) is 0 Å². The van der Waals surface area contributed by atoms with E-state index in [0.29, 0.717) is 10.9 Å². The number of aromatic nitrogens is 1. The summed E-state index contributed by atoms with van der Waals surface area (Å²) in [7, 11) is 0. The van der Waals surface area contributed by atoms with Crippen LogP contribution in [0.2, 0.25) is 0 Å². The average Bonchev–Trinajstić information content (AvgIpc) is 2.94. The van der Waals surface area contributed by atoms with E-state index < -0.39 is 5.97 Å². The van der Waals surface area contributed by atoms with Gasteiger partial charge in [-0.05, 0) is 12.1 Å². The molecule has 0 bridgehead atoms. The number of carboxylic acids is 1. The minimum absolute atomic E-state index is 0.256. The number of fused-ring (bicyclic) bond motifs is 1. The molecule has 2 aromatic heterocycles. The number of rotatable bonds is 3. The smallest absolute Gasteiger partial charge is 0.346 e. The Kier molecular flexibility index (Phi) is 2.73. The highest BCUT2D eigenvalue weighted by molar-refractivity contribution is 7.20. The molecule has 0 spiro atoms. The Balaban J connectivity index is 1.88. The molecule has 1 N–H and O–H groups in total. The van der Waals surface area contributed by atoms with Crippen LogP contribution in [0.4, 0.5) is 0 Å². The van der Waals surface area contributed by atoms with Crippen molar-refractivity contribution in [3.63, 3.8) is 0 Å². The predicted octanol–water partition coefficient (Wildman–Crippen LogP) is 3.85. The molecular formula is C12H7NO3S2. The lowest BCUT2D eigenvalue weighted by atomic mass is 10.3. The van der Waals surface area contributed by atoms with Crippen molar-refractivity contribution in [3.8, 4) is 10.9 Å². The van der Waals surface area contributed by atoms with Crippen molar-refractivity contribution >= 4 is 38.9 Å². The van der Waals surface area contributed by atoms with Gasteiger partial charge >= 0.3 is 5.97 Å². The van der Waals surface area contributed by atoms with Gasteiger partial charge in [0.1, 0.15) is 10.6 Å². The summed E-state index contributed by atoms with van der Waals surface area (Å²) in [5, 5.41) is 11.0. The molecule has 1 aromatic carbocycles. The van der Waals surface area contributed by atoms with E-state index in [0.717, 1.165) is 21.6 Å². The minimum atomic E-state index is -0.945. The fraction of sp³-hybridized carbons (Fsp3) is 0. The zero-order valence-corrected chi connectivity index (χ0v) is 10.6. The van der Waals surface area contributed by atoms with E-state index in [1.54, 1.807) is 5.38 Å². The van der Waals surface area contributed by atoms with Crippen LogP contribution in [0.15, 0.2) is 35.7 Å². The first-order chi connectivity index (χ1) is 8.72. The Morgan fingerprint density at radius 1 is 1.33 bits per heavy atom. The maximum absolute atomic E-state index is 10.7. The molecule has 0 aliphatic rings. The number of ether oxygens (including phenoxy) is 1. The standard InChI is InChI=1S/C12H7NO3S2/c14-11(15)10-5-7(6-17-10)16-12-13-8-3-1-2-4-9(8)18-12/h1-6H,(H,14,15). The highest BCUT2D eigenvalue weighted by Gasteiger charge is 2.10. The van der Waals surface area contributed by atoms with Crippen molar-refractivity contribution in [3.05, 3.63) is 40.6 Å². The third kappa shape index (κ3) is 2.07. The second-order valence-corrected chi connectivity index (χ2v) is 5.41. The van der Waals surface area contributed by atoms with Gasteiger partial charge in [0, 0.05) is 11.4 Å². The van der Waals surface area contributed by atoms with E-state index in [4.69, 9.17) is 9.84 Å². The Hall–Kier alpha value is -1.92. The van der Waals surface area contributed by atoms with Crippen molar-refractivity contribution < 1.29 is 14.6 Å². The van der Waals surface area contributed by atoms with Crippen molar-refractivity contribution in [2.75, 3.05) is 0 Å². The number of thiophene rings is 1. The molecule has 0 atom stereocenters. The summed E-state index contributed by atoms with van der Waals surface area (Å²) in [4.78, 5) is 15.3. The van der Waals surface area contributed by atoms with Crippen molar-refractivity contribution in [2.45, 2.75) is 0 Å². The molecule has 0 unspecified atom stereocenters. The largest absolute Gasteiger partial charge is 0.477 e. The predicted molar refractivity (Wildman–Crippen MR) is 71.0 cm³/mol. The van der Waals surface area contributed by atoms with Gasteiger partial charge in [0.25, 0.3) is 5.19 Å². The molecule has 6 heteroatoms. The number of nitrogens with zero attached hydrogens (tertiary/aromatic N) is 1. The number of carboxylic acid groups (broad SMARTS) is 1. The number of benzene rings is 1. The molecule has 90 valence electrons. The third-order valence-electron chi connectivity index (χ3n) is 2.27. The van der Waals surface area contributed by atoms with Gasteiger partial charge in [-0.3, -0.25) is 0 Å². The summed E-state index contributed by atoms with van der Waals surface area (Å²) in [6.07, 6.45) is 0. The topological polar surface area (TPSA) is 59.4 Å². The number of hydrogen-bond acceptors (Lipinski definition) is 5. The highest BCUT2D eigenvalue weighted by atomic mass is 32.1. The molecule has 0 fully saturated rings. The normalized spacial score (nSPS) is 10.7. The molecule has 4 nitrogen and oxygen atoms in total. The van der Waals surface area contributed by atoms with Crippen molar-refractivity contribution in [1.29, 1.82) is 0 Å². The first kappa shape index (κ1) is 11.2. The fourth-order valence-corrected chi connectivity index (χ4v) is 2.96. The van der Waals surface area contributed by atoms with Gasteiger partial charge in [-0.1, -0.05) is 23.5 Å². The van der Waals surface area contributed by atoms with Crippen LogP contribution >= 0.6 is 22.7 Å². The van der Waals surface area contributed by atoms with Gasteiger partial charge in [-0.2, -0.15) is 0 Å². The van der Waals surface area contributed by atoms with E-state index in [2.05, 4.69) is 4.98 Å². The van der Waals surface area contributed by atoms with E-state index in [1.165, 1.54) is 17.4 Å². The number of hydrogen-bond donors (Lipinski definition) is 1. The second kappa shape index (κ2) is 4.40. The Morgan fingerprint density at radius 2 is 2.17 bits per heavy atom. The number of carbonyl (C=O) groups is 1. The maximum Gasteiger partial charge on any atom is 0.346 e. The van der Waals surface area contributed by atoms with Crippen LogP contribution in [0.5, 0.6) is 10.9 Å². The van der Waals surface area contributed by atoms with Crippen LogP contribution in [0.25, 0.3) is 10.2 Å². The van der Waals surface area contributed by atoms with Gasteiger partial charge < -0.3 is 9.84 Å². The SMILES string of the molecule is O=C(O)c1cc(Oc2nc3ccccc3s2)cs1. The first-order valence-corrected chi connectivity index (χ1v) is 6.77. The summed E-state index contributed by atoms with van der Waals surface area (Å²) in [5.41, 5.74) is 0.881. The zero-order valence-electron chi connectivity index (χ0n) is 8.99. The first-order valence-electron chi connectivity index (χ1n) is 5.07. The number of para-hydroxylation sites is 1. The average molecular weight is 277 g/mol. The summed E-state index contributed by atoms with van der Waals surface area (Å²) in [6, 6.07) is 9.24. The lowest BCUT2D eigenvalue weighted by Gasteiger charge is -1.95. The molecule has 18 heavy (non-hydrogen) atoms. The Labute approximate surface area is 110 Å². The molecule has 0 saturated heterocycles. The van der Waals surface area contributed by atoms with Crippen LogP contribution in [-0.4, -0.2) is 16.1 Å². The van der Waals surface area contributed by atoms with Gasteiger partial charge in [-0.15, -0.1) is 11.3 Å². The van der Waals surface area contributed by atoms with E-state index in [9.17, 15) is 4.79 Å². The van der Waals surface area contributed by atoms with Crippen LogP contribution in [0, 0.1) is 0 Å². The van der Waals surface area contributed by atoms with Gasteiger partial charge in [-0.25, -0.2) is 9.78 Å². The third-order valence-corrected chi connectivity index (χ3v) is 4.08. The molecule has 0 aliphatic heterocycles. The summed E-state index contributed by atoms with van der Waals surface area (Å²) in [6.45, 7) is 0. The van der Waals surface area contributed by atoms with Crippen LogP contribution in [0.3, 0.4) is 0 Å². The molecule has 3 aromatic rings. The number of thiazole rings is 1. The quantitative estimate of drug-likeness (QED) is 0.790. The second-order valence-electron chi connectivity index (χ2n) is 3.50. The molecule has 0 aliphatic carbocycles. The van der Waals surface area contributed by atoms with Crippen LogP contribution < -0.4 is 4.74 Å². The highest BCUT2D eigenvalue weighted by Crippen LogP contribution is 2.32. The number of aromatic carboxylic acids is 1. The summed E-state index contributed by atoms with van der Waals surface area (Å²) < 4.78 is 6.59. The summed E-state index contributed by atoms with van der Waals surface area (Å²) in [5.74, 6) is -0.435. The maximum atomic E-state index is 10.7.